The summed E-state index contributed by atoms with van der Waals surface area (Å²) in [5, 5.41) is 3.42. The van der Waals surface area contributed by atoms with Gasteiger partial charge in [0, 0.05) is 31.7 Å². The molecule has 1 unspecified atom stereocenters. The van der Waals surface area contributed by atoms with E-state index in [0.29, 0.717) is 6.04 Å². The number of imidazole rings is 1. The molecule has 1 aromatic heterocycles. The lowest BCUT2D eigenvalue weighted by Crippen LogP contribution is -2.23. The van der Waals surface area contributed by atoms with Gasteiger partial charge in [0.1, 0.15) is 5.82 Å². The zero-order valence-electron chi connectivity index (χ0n) is 8.45. The first-order chi connectivity index (χ1) is 6.25. The Balaban J connectivity index is 2.39. The highest BCUT2D eigenvalue weighted by molar-refractivity contribution is 7.98. The number of hydrogen-bond acceptors (Lipinski definition) is 3. The summed E-state index contributed by atoms with van der Waals surface area (Å²) in [6.07, 6.45) is 5.93. The van der Waals surface area contributed by atoms with E-state index in [1.54, 1.807) is 0 Å². The molecule has 0 spiro atoms. The summed E-state index contributed by atoms with van der Waals surface area (Å²) in [7, 11) is 2.02. The van der Waals surface area contributed by atoms with Crippen LogP contribution in [0.5, 0.6) is 0 Å². The Labute approximate surface area is 83.9 Å². The van der Waals surface area contributed by atoms with Gasteiger partial charge < -0.3 is 9.88 Å². The second-order valence-electron chi connectivity index (χ2n) is 3.06. The van der Waals surface area contributed by atoms with Crippen LogP contribution < -0.4 is 5.32 Å². The van der Waals surface area contributed by atoms with E-state index in [9.17, 15) is 0 Å². The summed E-state index contributed by atoms with van der Waals surface area (Å²) < 4.78 is 2.05. The lowest BCUT2D eigenvalue weighted by Gasteiger charge is -2.12. The molecular weight excluding hydrogens is 182 g/mol. The van der Waals surface area contributed by atoms with Crippen molar-refractivity contribution in [2.45, 2.75) is 13.0 Å². The smallest absolute Gasteiger partial charge is 0.125 e. The fourth-order valence-electron chi connectivity index (χ4n) is 1.26. The van der Waals surface area contributed by atoms with Gasteiger partial charge in [0.05, 0.1) is 6.04 Å². The van der Waals surface area contributed by atoms with E-state index < -0.39 is 0 Å². The molecule has 0 aliphatic heterocycles. The van der Waals surface area contributed by atoms with Crippen LogP contribution >= 0.6 is 11.8 Å². The molecule has 0 aliphatic rings. The molecule has 0 fully saturated rings. The Bertz CT molecular complexity index is 247. The second-order valence-corrected chi connectivity index (χ2v) is 4.05. The average Bonchev–Trinajstić information content (AvgIpc) is 2.52. The van der Waals surface area contributed by atoms with Gasteiger partial charge in [0.15, 0.2) is 0 Å². The highest BCUT2D eigenvalue weighted by Gasteiger charge is 2.07. The molecule has 1 aromatic rings. The maximum atomic E-state index is 4.29. The lowest BCUT2D eigenvalue weighted by molar-refractivity contribution is 0.550. The van der Waals surface area contributed by atoms with E-state index in [-0.39, 0.29) is 0 Å². The summed E-state index contributed by atoms with van der Waals surface area (Å²) in [4.78, 5) is 4.29. The molecule has 13 heavy (non-hydrogen) atoms. The molecule has 1 atom stereocenters. The molecule has 4 heteroatoms. The van der Waals surface area contributed by atoms with Crippen molar-refractivity contribution in [2.75, 3.05) is 18.6 Å². The maximum absolute atomic E-state index is 4.29. The Morgan fingerprint density at radius 2 is 2.46 bits per heavy atom. The normalized spacial score (nSPS) is 13.2. The zero-order valence-corrected chi connectivity index (χ0v) is 9.27. The Morgan fingerprint density at radius 3 is 3.00 bits per heavy atom. The van der Waals surface area contributed by atoms with Crippen LogP contribution in [-0.2, 0) is 7.05 Å². The van der Waals surface area contributed by atoms with Gasteiger partial charge in [-0.25, -0.2) is 4.98 Å². The number of thioether (sulfide) groups is 1. The summed E-state index contributed by atoms with van der Waals surface area (Å²) in [5.74, 6) is 2.25. The van der Waals surface area contributed by atoms with Crippen molar-refractivity contribution in [3.8, 4) is 0 Å². The van der Waals surface area contributed by atoms with Crippen LogP contribution in [0.15, 0.2) is 12.4 Å². The number of hydrogen-bond donors (Lipinski definition) is 1. The van der Waals surface area contributed by atoms with Gasteiger partial charge in [-0.15, -0.1) is 0 Å². The van der Waals surface area contributed by atoms with Crippen LogP contribution in [0.3, 0.4) is 0 Å². The van der Waals surface area contributed by atoms with E-state index in [1.807, 2.05) is 31.2 Å². The Kier molecular flexibility index (Phi) is 4.32. The van der Waals surface area contributed by atoms with Gasteiger partial charge >= 0.3 is 0 Å². The van der Waals surface area contributed by atoms with Crippen molar-refractivity contribution in [3.05, 3.63) is 18.2 Å². The van der Waals surface area contributed by atoms with Crippen LogP contribution in [0.2, 0.25) is 0 Å². The van der Waals surface area contributed by atoms with Gasteiger partial charge in [0.25, 0.3) is 0 Å². The highest BCUT2D eigenvalue weighted by atomic mass is 32.2. The van der Waals surface area contributed by atoms with E-state index in [1.165, 1.54) is 0 Å². The SMILES string of the molecule is CSCCNC(C)c1nccn1C. The largest absolute Gasteiger partial charge is 0.337 e. The summed E-state index contributed by atoms with van der Waals surface area (Å²) in [6.45, 7) is 3.18. The third-order valence-corrected chi connectivity index (χ3v) is 2.61. The lowest BCUT2D eigenvalue weighted by atomic mass is 10.3. The Morgan fingerprint density at radius 1 is 1.69 bits per heavy atom. The number of nitrogens with zero attached hydrogens (tertiary/aromatic N) is 2. The number of nitrogens with one attached hydrogen (secondary N) is 1. The summed E-state index contributed by atoms with van der Waals surface area (Å²) in [5.41, 5.74) is 0. The molecule has 0 aliphatic carbocycles. The number of rotatable bonds is 5. The monoisotopic (exact) mass is 199 g/mol. The standard InChI is InChI=1S/C9H17N3S/c1-8(10-5-7-13-3)9-11-4-6-12(9)2/h4,6,8,10H,5,7H2,1-3H3. The molecule has 1 N–H and O–H groups in total. The molecule has 74 valence electrons. The van der Waals surface area contributed by atoms with E-state index in [4.69, 9.17) is 0 Å². The van der Waals surface area contributed by atoms with E-state index in [0.717, 1.165) is 18.1 Å². The fourth-order valence-corrected chi connectivity index (χ4v) is 1.59. The predicted octanol–water partition coefficient (Wildman–Crippen LogP) is 1.43. The van der Waals surface area contributed by atoms with Crippen LogP contribution in [0.1, 0.15) is 18.8 Å². The fraction of sp³-hybridized carbons (Fsp3) is 0.667. The van der Waals surface area contributed by atoms with Crippen LogP contribution in [-0.4, -0.2) is 28.1 Å². The molecular formula is C9H17N3S. The van der Waals surface area contributed by atoms with Crippen molar-refractivity contribution in [2.24, 2.45) is 7.05 Å². The average molecular weight is 199 g/mol. The van der Waals surface area contributed by atoms with Crippen molar-refractivity contribution in [1.82, 2.24) is 14.9 Å². The van der Waals surface area contributed by atoms with Crippen molar-refractivity contribution in [3.63, 3.8) is 0 Å². The molecule has 0 saturated heterocycles. The van der Waals surface area contributed by atoms with Crippen molar-refractivity contribution < 1.29 is 0 Å². The topological polar surface area (TPSA) is 29.9 Å². The first-order valence-corrected chi connectivity index (χ1v) is 5.84. The van der Waals surface area contributed by atoms with E-state index >= 15 is 0 Å². The van der Waals surface area contributed by atoms with Gasteiger partial charge in [-0.05, 0) is 13.2 Å². The Hall–Kier alpha value is -0.480. The highest BCUT2D eigenvalue weighted by Crippen LogP contribution is 2.07. The third-order valence-electron chi connectivity index (χ3n) is 2.00. The van der Waals surface area contributed by atoms with Crippen molar-refractivity contribution >= 4 is 11.8 Å². The third kappa shape index (κ3) is 3.04. The molecule has 0 bridgehead atoms. The molecule has 1 heterocycles. The summed E-state index contributed by atoms with van der Waals surface area (Å²) in [6, 6.07) is 0.340. The molecule has 3 nitrogen and oxygen atoms in total. The maximum Gasteiger partial charge on any atom is 0.125 e. The first-order valence-electron chi connectivity index (χ1n) is 4.45. The summed E-state index contributed by atoms with van der Waals surface area (Å²) >= 11 is 1.86. The van der Waals surface area contributed by atoms with Crippen LogP contribution in [0.25, 0.3) is 0 Å². The molecule has 0 saturated carbocycles. The van der Waals surface area contributed by atoms with Gasteiger partial charge in [0.2, 0.25) is 0 Å². The molecule has 0 amide bonds. The van der Waals surface area contributed by atoms with Gasteiger partial charge in [-0.1, -0.05) is 0 Å². The van der Waals surface area contributed by atoms with Gasteiger partial charge in [-0.3, -0.25) is 0 Å². The molecule has 0 radical (unpaired) electrons. The quantitative estimate of drug-likeness (QED) is 0.728. The zero-order chi connectivity index (χ0) is 9.68. The van der Waals surface area contributed by atoms with Gasteiger partial charge in [-0.2, -0.15) is 11.8 Å². The first kappa shape index (κ1) is 10.6. The number of aromatic nitrogens is 2. The van der Waals surface area contributed by atoms with Crippen LogP contribution in [0, 0.1) is 0 Å². The second kappa shape index (κ2) is 5.29. The minimum absolute atomic E-state index is 0.340. The minimum atomic E-state index is 0.340. The predicted molar refractivity (Wildman–Crippen MR) is 58.0 cm³/mol. The molecule has 0 aromatic carbocycles. The molecule has 1 rings (SSSR count). The van der Waals surface area contributed by atoms with E-state index in [2.05, 4.69) is 28.0 Å². The van der Waals surface area contributed by atoms with Crippen molar-refractivity contribution in [1.29, 1.82) is 0 Å². The van der Waals surface area contributed by atoms with Crippen LogP contribution in [0.4, 0.5) is 0 Å². The number of aryl methyl sites for hydroxylation is 1. The minimum Gasteiger partial charge on any atom is -0.337 e.